The molecule has 1 fully saturated rings. The third-order valence-electron chi connectivity index (χ3n) is 2.83. The van der Waals surface area contributed by atoms with Gasteiger partial charge < -0.3 is 10.1 Å². The summed E-state index contributed by atoms with van der Waals surface area (Å²) in [6.45, 7) is 0.553. The van der Waals surface area contributed by atoms with Gasteiger partial charge in [0.15, 0.2) is 0 Å². The molecule has 0 aromatic heterocycles. The van der Waals surface area contributed by atoms with Crippen molar-refractivity contribution >= 4 is 16.9 Å². The molecule has 1 aliphatic heterocycles. The summed E-state index contributed by atoms with van der Waals surface area (Å²) in [6, 6.07) is 14.3. The Kier molecular flexibility index (Phi) is 2.03. The van der Waals surface area contributed by atoms with Gasteiger partial charge in [-0.1, -0.05) is 36.4 Å². The standard InChI is InChI=1S/C13H11NO2/c15-13-14-8-12(16-13)11-6-5-9-3-1-2-4-10(9)7-11/h1-7,12H,8H2,(H,14,15)/t12-/m0/s1. The molecule has 0 bridgehead atoms. The van der Waals surface area contributed by atoms with E-state index in [0.717, 1.165) is 5.56 Å². The molecule has 3 rings (SSSR count). The van der Waals surface area contributed by atoms with E-state index in [1.54, 1.807) is 0 Å². The highest BCUT2D eigenvalue weighted by Crippen LogP contribution is 2.24. The Bertz CT molecular complexity index is 550. The smallest absolute Gasteiger partial charge is 0.407 e. The first-order chi connectivity index (χ1) is 7.83. The SMILES string of the molecule is O=C1NC[C@@H](c2ccc3ccccc3c2)O1. The summed E-state index contributed by atoms with van der Waals surface area (Å²) >= 11 is 0. The van der Waals surface area contributed by atoms with E-state index in [0.29, 0.717) is 6.54 Å². The average molecular weight is 213 g/mol. The molecule has 1 amide bonds. The number of cyclic esters (lactones) is 1. The van der Waals surface area contributed by atoms with Gasteiger partial charge in [0.2, 0.25) is 0 Å². The van der Waals surface area contributed by atoms with Crippen LogP contribution < -0.4 is 5.32 Å². The zero-order valence-corrected chi connectivity index (χ0v) is 8.64. The molecule has 16 heavy (non-hydrogen) atoms. The molecule has 2 aromatic rings. The molecule has 1 saturated heterocycles. The van der Waals surface area contributed by atoms with E-state index in [2.05, 4.69) is 29.6 Å². The molecule has 0 saturated carbocycles. The molecule has 2 aromatic carbocycles. The highest BCUT2D eigenvalue weighted by Gasteiger charge is 2.23. The van der Waals surface area contributed by atoms with Crippen LogP contribution >= 0.6 is 0 Å². The number of carbonyl (C=O) groups excluding carboxylic acids is 1. The maximum Gasteiger partial charge on any atom is 0.407 e. The lowest BCUT2D eigenvalue weighted by atomic mass is 10.0. The third kappa shape index (κ3) is 1.50. The summed E-state index contributed by atoms with van der Waals surface area (Å²) in [6.07, 6.45) is -0.490. The lowest BCUT2D eigenvalue weighted by Crippen LogP contribution is -2.12. The van der Waals surface area contributed by atoms with Gasteiger partial charge in [-0.2, -0.15) is 0 Å². The van der Waals surface area contributed by atoms with Crippen molar-refractivity contribution in [2.45, 2.75) is 6.10 Å². The Morgan fingerprint density at radius 3 is 2.69 bits per heavy atom. The van der Waals surface area contributed by atoms with Gasteiger partial charge in [-0.05, 0) is 22.4 Å². The van der Waals surface area contributed by atoms with E-state index < -0.39 is 0 Å². The van der Waals surface area contributed by atoms with E-state index in [1.807, 2.05) is 18.2 Å². The van der Waals surface area contributed by atoms with E-state index in [9.17, 15) is 4.79 Å². The molecule has 0 spiro atoms. The Labute approximate surface area is 93.0 Å². The number of rotatable bonds is 1. The van der Waals surface area contributed by atoms with Crippen molar-refractivity contribution in [2.75, 3.05) is 6.54 Å². The van der Waals surface area contributed by atoms with Crippen LogP contribution in [0.25, 0.3) is 10.8 Å². The summed E-state index contributed by atoms with van der Waals surface area (Å²) in [5.74, 6) is 0. The molecule has 3 heteroatoms. The number of benzene rings is 2. The minimum Gasteiger partial charge on any atom is -0.439 e. The zero-order valence-electron chi connectivity index (χ0n) is 8.64. The van der Waals surface area contributed by atoms with E-state index in [-0.39, 0.29) is 12.2 Å². The molecule has 80 valence electrons. The first-order valence-corrected chi connectivity index (χ1v) is 5.26. The van der Waals surface area contributed by atoms with Crippen molar-refractivity contribution in [1.29, 1.82) is 0 Å². The molecular formula is C13H11NO2. The maximum atomic E-state index is 11.0. The number of carbonyl (C=O) groups is 1. The first kappa shape index (κ1) is 9.21. The third-order valence-corrected chi connectivity index (χ3v) is 2.83. The second kappa shape index (κ2) is 3.52. The van der Waals surface area contributed by atoms with Gasteiger partial charge in [-0.25, -0.2) is 4.79 Å². The Balaban J connectivity index is 2.02. The van der Waals surface area contributed by atoms with E-state index >= 15 is 0 Å². The largest absolute Gasteiger partial charge is 0.439 e. The minimum atomic E-state index is -0.335. The summed E-state index contributed by atoms with van der Waals surface area (Å²) in [4.78, 5) is 11.0. The van der Waals surface area contributed by atoms with Crippen LogP contribution in [0.4, 0.5) is 4.79 Å². The maximum absolute atomic E-state index is 11.0. The fourth-order valence-corrected chi connectivity index (χ4v) is 1.98. The van der Waals surface area contributed by atoms with Gasteiger partial charge in [-0.3, -0.25) is 0 Å². The predicted molar refractivity (Wildman–Crippen MR) is 61.2 cm³/mol. The first-order valence-electron chi connectivity index (χ1n) is 5.26. The number of hydrogen-bond acceptors (Lipinski definition) is 2. The molecule has 1 N–H and O–H groups in total. The highest BCUT2D eigenvalue weighted by molar-refractivity contribution is 5.83. The van der Waals surface area contributed by atoms with Crippen LogP contribution in [0.3, 0.4) is 0 Å². The average Bonchev–Trinajstić information content (AvgIpc) is 2.75. The normalized spacial score (nSPS) is 19.5. The molecular weight excluding hydrogens is 202 g/mol. The Hall–Kier alpha value is -2.03. The Morgan fingerprint density at radius 2 is 1.94 bits per heavy atom. The number of hydrogen-bond donors (Lipinski definition) is 1. The fraction of sp³-hybridized carbons (Fsp3) is 0.154. The number of ether oxygens (including phenoxy) is 1. The molecule has 3 nitrogen and oxygen atoms in total. The number of amides is 1. The van der Waals surface area contributed by atoms with Gasteiger partial charge in [0.05, 0.1) is 6.54 Å². The van der Waals surface area contributed by atoms with Crippen LogP contribution in [0.2, 0.25) is 0 Å². The molecule has 1 aliphatic rings. The fourth-order valence-electron chi connectivity index (χ4n) is 1.98. The predicted octanol–water partition coefficient (Wildman–Crippen LogP) is 2.62. The van der Waals surface area contributed by atoms with E-state index in [4.69, 9.17) is 4.74 Å². The molecule has 0 unspecified atom stereocenters. The monoisotopic (exact) mass is 213 g/mol. The quantitative estimate of drug-likeness (QED) is 0.790. The topological polar surface area (TPSA) is 38.3 Å². The van der Waals surface area contributed by atoms with Crippen molar-refractivity contribution in [3.63, 3.8) is 0 Å². The van der Waals surface area contributed by atoms with Crippen LogP contribution in [-0.2, 0) is 4.74 Å². The van der Waals surface area contributed by atoms with Gasteiger partial charge >= 0.3 is 6.09 Å². The molecule has 1 heterocycles. The minimum absolute atomic E-state index is 0.155. The summed E-state index contributed by atoms with van der Waals surface area (Å²) < 4.78 is 5.15. The van der Waals surface area contributed by atoms with Crippen LogP contribution in [0.1, 0.15) is 11.7 Å². The van der Waals surface area contributed by atoms with Gasteiger partial charge in [0.1, 0.15) is 6.10 Å². The lowest BCUT2D eigenvalue weighted by Gasteiger charge is -2.08. The molecule has 0 radical (unpaired) electrons. The van der Waals surface area contributed by atoms with Gasteiger partial charge in [0, 0.05) is 0 Å². The van der Waals surface area contributed by atoms with E-state index in [1.165, 1.54) is 10.8 Å². The van der Waals surface area contributed by atoms with Crippen molar-refractivity contribution in [2.24, 2.45) is 0 Å². The molecule has 1 atom stereocenters. The van der Waals surface area contributed by atoms with Crippen LogP contribution in [0, 0.1) is 0 Å². The van der Waals surface area contributed by atoms with Gasteiger partial charge in [0.25, 0.3) is 0 Å². The van der Waals surface area contributed by atoms with Crippen LogP contribution in [-0.4, -0.2) is 12.6 Å². The van der Waals surface area contributed by atoms with Crippen molar-refractivity contribution < 1.29 is 9.53 Å². The summed E-state index contributed by atoms with van der Waals surface area (Å²) in [7, 11) is 0. The zero-order chi connectivity index (χ0) is 11.0. The number of nitrogens with one attached hydrogen (secondary N) is 1. The van der Waals surface area contributed by atoms with Crippen LogP contribution in [0.15, 0.2) is 42.5 Å². The number of fused-ring (bicyclic) bond motifs is 1. The number of alkyl carbamates (subject to hydrolysis) is 1. The summed E-state index contributed by atoms with van der Waals surface area (Å²) in [5, 5.41) is 5.02. The second-order valence-corrected chi connectivity index (χ2v) is 3.88. The van der Waals surface area contributed by atoms with Crippen molar-refractivity contribution in [1.82, 2.24) is 5.32 Å². The second-order valence-electron chi connectivity index (χ2n) is 3.88. The summed E-state index contributed by atoms with van der Waals surface area (Å²) in [5.41, 5.74) is 1.04. The lowest BCUT2D eigenvalue weighted by molar-refractivity contribution is 0.141. The Morgan fingerprint density at radius 1 is 1.12 bits per heavy atom. The van der Waals surface area contributed by atoms with Crippen molar-refractivity contribution in [3.05, 3.63) is 48.0 Å². The van der Waals surface area contributed by atoms with Gasteiger partial charge in [-0.15, -0.1) is 0 Å². The molecule has 0 aliphatic carbocycles. The van der Waals surface area contributed by atoms with Crippen molar-refractivity contribution in [3.8, 4) is 0 Å². The van der Waals surface area contributed by atoms with Crippen LogP contribution in [0.5, 0.6) is 0 Å². The highest BCUT2D eigenvalue weighted by atomic mass is 16.6.